The molecule has 6 heteroatoms. The van der Waals surface area contributed by atoms with E-state index in [0.29, 0.717) is 12.4 Å². The lowest BCUT2D eigenvalue weighted by molar-refractivity contribution is -0.138. The van der Waals surface area contributed by atoms with Crippen LogP contribution in [0.15, 0.2) is 42.7 Å². The summed E-state index contributed by atoms with van der Waals surface area (Å²) in [6, 6.07) is 10.8. The van der Waals surface area contributed by atoms with Gasteiger partial charge in [-0.2, -0.15) is 5.10 Å². The van der Waals surface area contributed by atoms with Gasteiger partial charge < -0.3 is 15.8 Å². The lowest BCUT2D eigenvalue weighted by atomic mass is 9.89. The molecule has 0 amide bonds. The summed E-state index contributed by atoms with van der Waals surface area (Å²) in [5.74, 6) is 0.594. The number of aromatic nitrogens is 2. The van der Waals surface area contributed by atoms with Crippen LogP contribution in [0.1, 0.15) is 32.4 Å². The third-order valence-corrected chi connectivity index (χ3v) is 3.71. The summed E-state index contributed by atoms with van der Waals surface area (Å²) in [5, 5.41) is 7.67. The van der Waals surface area contributed by atoms with Gasteiger partial charge in [0.1, 0.15) is 5.60 Å². The first-order valence-electron chi connectivity index (χ1n) is 8.07. The molecule has 1 aliphatic rings. The Morgan fingerprint density at radius 3 is 2.38 bits per heavy atom. The lowest BCUT2D eigenvalue weighted by Crippen LogP contribution is -2.47. The predicted molar refractivity (Wildman–Crippen MR) is 94.5 cm³/mol. The number of nitrogens with zero attached hydrogens (tertiary/aromatic N) is 2. The van der Waals surface area contributed by atoms with Gasteiger partial charge in [0.2, 0.25) is 0 Å². The topological polar surface area (TPSA) is 82.2 Å². The molecular weight excluding hydrogens is 304 g/mol. The van der Waals surface area contributed by atoms with E-state index in [2.05, 4.69) is 39.4 Å². The standard InChI is InChI=1S/C13H16N4.C5H10O2/c14-12-8-16-17(9-12)13(11-6-15-7-11)10-4-2-1-3-5-10;1-5(2,3)7-4-6/h1-5,8-9,11,13,15H,6-7,14H2;4H,1-3H3. The maximum atomic E-state index is 9.60. The van der Waals surface area contributed by atoms with E-state index in [-0.39, 0.29) is 11.6 Å². The zero-order valence-electron chi connectivity index (χ0n) is 14.5. The van der Waals surface area contributed by atoms with Crippen molar-refractivity contribution >= 4 is 12.2 Å². The fourth-order valence-electron chi connectivity index (χ4n) is 2.47. The Labute approximate surface area is 143 Å². The number of nitrogen functional groups attached to an aromatic ring is 1. The van der Waals surface area contributed by atoms with Gasteiger partial charge in [0.25, 0.3) is 6.47 Å². The van der Waals surface area contributed by atoms with E-state index in [4.69, 9.17) is 5.73 Å². The van der Waals surface area contributed by atoms with Crippen LogP contribution in [0.25, 0.3) is 0 Å². The minimum atomic E-state index is -0.318. The quantitative estimate of drug-likeness (QED) is 0.840. The van der Waals surface area contributed by atoms with Gasteiger partial charge in [-0.1, -0.05) is 30.3 Å². The van der Waals surface area contributed by atoms with Gasteiger partial charge in [-0.15, -0.1) is 0 Å². The van der Waals surface area contributed by atoms with Crippen molar-refractivity contribution in [2.75, 3.05) is 18.8 Å². The predicted octanol–water partition coefficient (Wildman–Crippen LogP) is 2.23. The molecule has 1 aromatic carbocycles. The van der Waals surface area contributed by atoms with Crippen molar-refractivity contribution in [1.29, 1.82) is 0 Å². The maximum absolute atomic E-state index is 9.60. The molecule has 2 heterocycles. The zero-order chi connectivity index (χ0) is 17.6. The second-order valence-corrected chi connectivity index (χ2v) is 6.85. The molecule has 3 rings (SSSR count). The Bertz CT molecular complexity index is 630. The first-order chi connectivity index (χ1) is 11.4. The fraction of sp³-hybridized carbons (Fsp3) is 0.444. The fourth-order valence-corrected chi connectivity index (χ4v) is 2.47. The SMILES string of the molecule is CC(C)(C)OC=O.Nc1cnn(C(c2ccccc2)C2CNC2)c1. The normalized spacial score (nSPS) is 15.6. The van der Waals surface area contributed by atoms with Crippen molar-refractivity contribution < 1.29 is 9.53 Å². The minimum absolute atomic E-state index is 0.287. The van der Waals surface area contributed by atoms with Crippen LogP contribution in [0.2, 0.25) is 0 Å². The summed E-state index contributed by atoms with van der Waals surface area (Å²) in [4.78, 5) is 9.60. The van der Waals surface area contributed by atoms with E-state index in [1.54, 1.807) is 6.20 Å². The van der Waals surface area contributed by atoms with E-state index < -0.39 is 0 Å². The molecule has 1 saturated heterocycles. The molecule has 1 unspecified atom stereocenters. The molecule has 24 heavy (non-hydrogen) atoms. The van der Waals surface area contributed by atoms with Crippen LogP contribution in [0.3, 0.4) is 0 Å². The summed E-state index contributed by atoms with van der Waals surface area (Å²) in [7, 11) is 0. The second kappa shape index (κ2) is 7.97. The maximum Gasteiger partial charge on any atom is 0.293 e. The van der Waals surface area contributed by atoms with Crippen LogP contribution in [0.4, 0.5) is 5.69 Å². The van der Waals surface area contributed by atoms with E-state index in [1.165, 1.54) is 5.56 Å². The van der Waals surface area contributed by atoms with Crippen LogP contribution < -0.4 is 11.1 Å². The molecule has 2 aromatic rings. The van der Waals surface area contributed by atoms with E-state index in [0.717, 1.165) is 18.8 Å². The van der Waals surface area contributed by atoms with E-state index >= 15 is 0 Å². The number of carbonyl (C=O) groups excluding carboxylic acids is 1. The number of nitrogens with two attached hydrogens (primary N) is 1. The van der Waals surface area contributed by atoms with Crippen molar-refractivity contribution in [1.82, 2.24) is 15.1 Å². The number of rotatable bonds is 4. The van der Waals surface area contributed by atoms with Crippen molar-refractivity contribution in [3.8, 4) is 0 Å². The molecular formula is C18H26N4O2. The van der Waals surface area contributed by atoms with Crippen molar-refractivity contribution in [3.63, 3.8) is 0 Å². The third kappa shape index (κ3) is 5.09. The van der Waals surface area contributed by atoms with Gasteiger partial charge in [0.15, 0.2) is 0 Å². The second-order valence-electron chi connectivity index (χ2n) is 6.85. The summed E-state index contributed by atoms with van der Waals surface area (Å²) in [6.45, 7) is 8.00. The molecule has 1 aromatic heterocycles. The molecule has 1 fully saturated rings. The zero-order valence-corrected chi connectivity index (χ0v) is 14.5. The molecule has 0 bridgehead atoms. The first-order valence-corrected chi connectivity index (χ1v) is 8.07. The third-order valence-electron chi connectivity index (χ3n) is 3.71. The Hall–Kier alpha value is -2.34. The van der Waals surface area contributed by atoms with Gasteiger partial charge >= 0.3 is 0 Å². The van der Waals surface area contributed by atoms with Gasteiger partial charge in [-0.05, 0) is 26.3 Å². The highest BCUT2D eigenvalue weighted by molar-refractivity contribution is 5.37. The number of anilines is 1. The van der Waals surface area contributed by atoms with Crippen molar-refractivity contribution in [2.45, 2.75) is 32.4 Å². The van der Waals surface area contributed by atoms with Crippen molar-refractivity contribution in [3.05, 3.63) is 48.3 Å². The molecule has 6 nitrogen and oxygen atoms in total. The van der Waals surface area contributed by atoms with Crippen molar-refractivity contribution in [2.24, 2.45) is 5.92 Å². The van der Waals surface area contributed by atoms with Gasteiger partial charge in [0, 0.05) is 25.2 Å². The largest absolute Gasteiger partial charge is 0.462 e. The number of hydrogen-bond donors (Lipinski definition) is 2. The molecule has 0 radical (unpaired) electrons. The number of carbonyl (C=O) groups is 1. The minimum Gasteiger partial charge on any atom is -0.462 e. The Balaban J connectivity index is 0.000000256. The highest BCUT2D eigenvalue weighted by atomic mass is 16.5. The summed E-state index contributed by atoms with van der Waals surface area (Å²) in [5.41, 5.74) is 7.45. The Morgan fingerprint density at radius 2 is 2.00 bits per heavy atom. The summed E-state index contributed by atoms with van der Waals surface area (Å²) in [6.07, 6.45) is 3.62. The Kier molecular flexibility index (Phi) is 5.98. The number of ether oxygens (including phenoxy) is 1. The molecule has 0 aliphatic carbocycles. The Morgan fingerprint density at radius 1 is 1.33 bits per heavy atom. The van der Waals surface area contributed by atoms with Crippen LogP contribution >= 0.6 is 0 Å². The van der Waals surface area contributed by atoms with Gasteiger partial charge in [-0.3, -0.25) is 9.48 Å². The first kappa shape index (κ1) is 18.0. The van der Waals surface area contributed by atoms with Crippen LogP contribution in [-0.2, 0) is 9.53 Å². The van der Waals surface area contributed by atoms with Crippen LogP contribution in [-0.4, -0.2) is 34.9 Å². The van der Waals surface area contributed by atoms with Gasteiger partial charge in [-0.25, -0.2) is 0 Å². The monoisotopic (exact) mass is 330 g/mol. The molecule has 1 aliphatic heterocycles. The summed E-state index contributed by atoms with van der Waals surface area (Å²) >= 11 is 0. The molecule has 0 saturated carbocycles. The average Bonchev–Trinajstić information content (AvgIpc) is 2.89. The molecule has 3 N–H and O–H groups in total. The van der Waals surface area contributed by atoms with Crippen LogP contribution in [0, 0.1) is 5.92 Å². The molecule has 1 atom stereocenters. The summed E-state index contributed by atoms with van der Waals surface area (Å²) < 4.78 is 6.53. The van der Waals surface area contributed by atoms with E-state index in [9.17, 15) is 4.79 Å². The van der Waals surface area contributed by atoms with E-state index in [1.807, 2.05) is 37.7 Å². The number of hydrogen-bond acceptors (Lipinski definition) is 5. The van der Waals surface area contributed by atoms with Crippen LogP contribution in [0.5, 0.6) is 0 Å². The average molecular weight is 330 g/mol. The molecule has 130 valence electrons. The highest BCUT2D eigenvalue weighted by Crippen LogP contribution is 2.29. The smallest absolute Gasteiger partial charge is 0.293 e. The van der Waals surface area contributed by atoms with Gasteiger partial charge in [0.05, 0.1) is 17.9 Å². The highest BCUT2D eigenvalue weighted by Gasteiger charge is 2.30. The molecule has 0 spiro atoms. The lowest BCUT2D eigenvalue weighted by Gasteiger charge is -2.35. The number of benzene rings is 1. The number of nitrogens with one attached hydrogen (secondary N) is 1.